The van der Waals surface area contributed by atoms with Crippen molar-refractivity contribution in [2.24, 2.45) is 0 Å². The molecule has 7 nitrogen and oxygen atoms in total. The van der Waals surface area contributed by atoms with E-state index in [4.69, 9.17) is 0 Å². The van der Waals surface area contributed by atoms with Crippen molar-refractivity contribution >= 4 is 27.5 Å². The maximum Gasteiger partial charge on any atom is 0.242 e. The molecule has 192 valence electrons. The van der Waals surface area contributed by atoms with Gasteiger partial charge in [0.2, 0.25) is 21.8 Å². The van der Waals surface area contributed by atoms with Crippen molar-refractivity contribution < 1.29 is 18.0 Å². The van der Waals surface area contributed by atoms with Crippen LogP contribution in [0.1, 0.15) is 56.2 Å². The molecule has 2 amide bonds. The minimum absolute atomic E-state index is 0.135. The lowest BCUT2D eigenvalue weighted by Crippen LogP contribution is -2.48. The SMILES string of the molecule is CCCCNC(=O)[C@H](C)N(Cc1cccc(C)c1)C(=O)CCCN(c1ccccc1C)S(C)(=O)=O. The average Bonchev–Trinajstić information content (AvgIpc) is 2.80. The Bertz CT molecular complexity index is 1100. The predicted octanol–water partition coefficient (Wildman–Crippen LogP) is 4.18. The first kappa shape index (κ1) is 28.4. The van der Waals surface area contributed by atoms with Gasteiger partial charge in [0.05, 0.1) is 11.9 Å². The first-order chi connectivity index (χ1) is 16.5. The lowest BCUT2D eigenvalue weighted by molar-refractivity contribution is -0.140. The van der Waals surface area contributed by atoms with Crippen molar-refractivity contribution in [1.82, 2.24) is 10.2 Å². The number of nitrogens with one attached hydrogen (secondary N) is 1. The van der Waals surface area contributed by atoms with E-state index in [9.17, 15) is 18.0 Å². The van der Waals surface area contributed by atoms with Gasteiger partial charge in [0, 0.05) is 26.1 Å². The Labute approximate surface area is 210 Å². The molecule has 8 heteroatoms. The summed E-state index contributed by atoms with van der Waals surface area (Å²) in [6, 6.07) is 14.5. The molecule has 0 fully saturated rings. The fourth-order valence-electron chi connectivity index (χ4n) is 3.95. The molecular formula is C27H39N3O4S. The van der Waals surface area contributed by atoms with Gasteiger partial charge in [-0.1, -0.05) is 61.4 Å². The van der Waals surface area contributed by atoms with Crippen LogP contribution in [0.2, 0.25) is 0 Å². The maximum absolute atomic E-state index is 13.3. The average molecular weight is 502 g/mol. The summed E-state index contributed by atoms with van der Waals surface area (Å²) >= 11 is 0. The van der Waals surface area contributed by atoms with Crippen molar-refractivity contribution in [3.63, 3.8) is 0 Å². The summed E-state index contributed by atoms with van der Waals surface area (Å²) in [5.74, 6) is -0.361. The zero-order chi connectivity index (χ0) is 26.0. The fraction of sp³-hybridized carbons (Fsp3) is 0.481. The van der Waals surface area contributed by atoms with Crippen molar-refractivity contribution in [2.45, 2.75) is 66.0 Å². The van der Waals surface area contributed by atoms with Crippen LogP contribution >= 0.6 is 0 Å². The molecular weight excluding hydrogens is 462 g/mol. The third kappa shape index (κ3) is 8.69. The van der Waals surface area contributed by atoms with Crippen LogP contribution in [0, 0.1) is 13.8 Å². The molecule has 0 unspecified atom stereocenters. The van der Waals surface area contributed by atoms with Crippen LogP contribution in [0.3, 0.4) is 0 Å². The molecule has 2 rings (SSSR count). The van der Waals surface area contributed by atoms with Crippen LogP contribution in [0.4, 0.5) is 5.69 Å². The Hall–Kier alpha value is -2.87. The van der Waals surface area contributed by atoms with Gasteiger partial charge in [-0.2, -0.15) is 0 Å². The van der Waals surface area contributed by atoms with Crippen LogP contribution in [0.15, 0.2) is 48.5 Å². The van der Waals surface area contributed by atoms with E-state index < -0.39 is 16.1 Å². The highest BCUT2D eigenvalue weighted by Crippen LogP contribution is 2.23. The molecule has 0 aromatic heterocycles. The highest BCUT2D eigenvalue weighted by atomic mass is 32.2. The van der Waals surface area contributed by atoms with Crippen LogP contribution in [0.25, 0.3) is 0 Å². The summed E-state index contributed by atoms with van der Waals surface area (Å²) in [4.78, 5) is 27.7. The van der Waals surface area contributed by atoms with Gasteiger partial charge in [0.25, 0.3) is 0 Å². The van der Waals surface area contributed by atoms with E-state index in [0.29, 0.717) is 25.2 Å². The zero-order valence-corrected chi connectivity index (χ0v) is 22.4. The molecule has 35 heavy (non-hydrogen) atoms. The number of benzene rings is 2. The number of anilines is 1. The highest BCUT2D eigenvalue weighted by Gasteiger charge is 2.26. The summed E-state index contributed by atoms with van der Waals surface area (Å²) in [5, 5.41) is 2.92. The highest BCUT2D eigenvalue weighted by molar-refractivity contribution is 7.92. The smallest absolute Gasteiger partial charge is 0.242 e. The monoisotopic (exact) mass is 501 g/mol. The minimum atomic E-state index is -3.51. The molecule has 0 aliphatic carbocycles. The van der Waals surface area contributed by atoms with Gasteiger partial charge in [-0.25, -0.2) is 8.42 Å². The van der Waals surface area contributed by atoms with Gasteiger partial charge in [-0.3, -0.25) is 13.9 Å². The van der Waals surface area contributed by atoms with Gasteiger partial charge in [-0.05, 0) is 50.8 Å². The third-order valence-electron chi connectivity index (χ3n) is 5.97. The zero-order valence-electron chi connectivity index (χ0n) is 21.6. The standard InChI is InChI=1S/C27H39N3O4S/c1-6-7-17-28-27(32)23(4)29(20-24-14-10-12-21(2)19-24)26(31)16-11-18-30(35(5,33)34)25-15-9-8-13-22(25)3/h8-10,12-15,19,23H,6-7,11,16-18,20H2,1-5H3,(H,28,32)/t23-/m0/s1. The Morgan fingerprint density at radius 1 is 1.03 bits per heavy atom. The van der Waals surface area contributed by atoms with E-state index in [1.807, 2.05) is 50.2 Å². The summed E-state index contributed by atoms with van der Waals surface area (Å²) in [7, 11) is -3.51. The normalized spacial score (nSPS) is 12.1. The first-order valence-electron chi connectivity index (χ1n) is 12.2. The summed E-state index contributed by atoms with van der Waals surface area (Å²) in [5.41, 5.74) is 3.49. The quantitative estimate of drug-likeness (QED) is 0.417. The maximum atomic E-state index is 13.3. The van der Waals surface area contributed by atoms with E-state index in [0.717, 1.165) is 29.5 Å². The summed E-state index contributed by atoms with van der Waals surface area (Å²) in [6.45, 7) is 8.72. The van der Waals surface area contributed by atoms with E-state index >= 15 is 0 Å². The molecule has 1 N–H and O–H groups in total. The number of hydrogen-bond donors (Lipinski definition) is 1. The van der Waals surface area contributed by atoms with Crippen LogP contribution < -0.4 is 9.62 Å². The van der Waals surface area contributed by atoms with E-state index in [1.54, 1.807) is 24.0 Å². The largest absolute Gasteiger partial charge is 0.354 e. The third-order valence-corrected chi connectivity index (χ3v) is 7.15. The molecule has 2 aromatic rings. The van der Waals surface area contributed by atoms with Crippen molar-refractivity contribution in [2.75, 3.05) is 23.7 Å². The number of unbranched alkanes of at least 4 members (excludes halogenated alkanes) is 1. The Morgan fingerprint density at radius 3 is 2.37 bits per heavy atom. The number of amides is 2. The summed E-state index contributed by atoms with van der Waals surface area (Å²) < 4.78 is 26.3. The number of aryl methyl sites for hydroxylation is 2. The second kappa shape index (κ2) is 13.3. The number of rotatable bonds is 13. The fourth-order valence-corrected chi connectivity index (χ4v) is 4.97. The van der Waals surface area contributed by atoms with Crippen LogP contribution in [-0.2, 0) is 26.2 Å². The van der Waals surface area contributed by atoms with Gasteiger partial charge >= 0.3 is 0 Å². The molecule has 0 heterocycles. The topological polar surface area (TPSA) is 86.8 Å². The Kier molecular flexibility index (Phi) is 10.8. The van der Waals surface area contributed by atoms with Crippen molar-refractivity contribution in [1.29, 1.82) is 0 Å². The molecule has 1 atom stereocenters. The van der Waals surface area contributed by atoms with E-state index in [2.05, 4.69) is 12.2 Å². The van der Waals surface area contributed by atoms with Crippen LogP contribution in [0.5, 0.6) is 0 Å². The lowest BCUT2D eigenvalue weighted by Gasteiger charge is -2.29. The number of para-hydroxylation sites is 1. The lowest BCUT2D eigenvalue weighted by atomic mass is 10.1. The number of carbonyl (C=O) groups excluding carboxylic acids is 2. The molecule has 0 saturated carbocycles. The number of nitrogens with zero attached hydrogens (tertiary/aromatic N) is 2. The van der Waals surface area contributed by atoms with Gasteiger partial charge < -0.3 is 10.2 Å². The molecule has 0 bridgehead atoms. The van der Waals surface area contributed by atoms with Gasteiger partial charge in [0.15, 0.2) is 0 Å². The molecule has 0 radical (unpaired) electrons. The number of sulfonamides is 1. The van der Waals surface area contributed by atoms with Crippen LogP contribution in [-0.4, -0.2) is 50.5 Å². The van der Waals surface area contributed by atoms with Gasteiger partial charge in [0.1, 0.15) is 6.04 Å². The molecule has 0 spiro atoms. The molecule has 0 aliphatic rings. The first-order valence-corrected chi connectivity index (χ1v) is 14.1. The minimum Gasteiger partial charge on any atom is -0.354 e. The molecule has 0 saturated heterocycles. The van der Waals surface area contributed by atoms with Crippen molar-refractivity contribution in [3.05, 3.63) is 65.2 Å². The van der Waals surface area contributed by atoms with E-state index in [-0.39, 0.29) is 24.8 Å². The summed E-state index contributed by atoms with van der Waals surface area (Å²) in [6.07, 6.45) is 3.50. The predicted molar refractivity (Wildman–Crippen MR) is 142 cm³/mol. The number of hydrogen-bond acceptors (Lipinski definition) is 4. The second-order valence-electron chi connectivity index (χ2n) is 9.06. The number of carbonyl (C=O) groups is 2. The molecule has 0 aliphatic heterocycles. The van der Waals surface area contributed by atoms with E-state index in [1.165, 1.54) is 10.6 Å². The van der Waals surface area contributed by atoms with Crippen molar-refractivity contribution in [3.8, 4) is 0 Å². The Morgan fingerprint density at radius 2 is 1.74 bits per heavy atom. The van der Waals surface area contributed by atoms with Gasteiger partial charge in [-0.15, -0.1) is 0 Å². The second-order valence-corrected chi connectivity index (χ2v) is 11.0. The Balaban J connectivity index is 2.15. The molecule has 2 aromatic carbocycles.